The van der Waals surface area contributed by atoms with Gasteiger partial charge < -0.3 is 4.74 Å². The maximum Gasteiger partial charge on any atom is 0.282 e. The first-order valence-electron chi connectivity index (χ1n) is 8.72. The summed E-state index contributed by atoms with van der Waals surface area (Å²) >= 11 is 1.38. The van der Waals surface area contributed by atoms with Crippen molar-refractivity contribution in [1.82, 2.24) is 4.98 Å². The maximum atomic E-state index is 12.6. The van der Waals surface area contributed by atoms with Crippen molar-refractivity contribution < 1.29 is 14.5 Å². The second-order valence-corrected chi connectivity index (χ2v) is 7.08. The number of aromatic nitrogens is 1. The number of ether oxygens (including phenoxy) is 1. The van der Waals surface area contributed by atoms with Crippen molar-refractivity contribution in [2.45, 2.75) is 19.8 Å². The third kappa shape index (κ3) is 4.17. The standard InChI is InChI=1S/C20H19N3O4S/c1-3-6-17-18(13-9-11-14(27-2)12-10-13)21-20(28-17)22-19(24)15-7-4-5-8-16(15)23(25)26/h4-5,7-12H,3,6H2,1-2H3,(H,21,22,24). The van der Waals surface area contributed by atoms with Gasteiger partial charge in [-0.05, 0) is 36.8 Å². The fraction of sp³-hybridized carbons (Fsp3) is 0.200. The number of nitrogens with zero attached hydrogens (tertiary/aromatic N) is 2. The molecule has 0 aliphatic heterocycles. The molecule has 0 bridgehead atoms. The molecule has 3 aromatic rings. The highest BCUT2D eigenvalue weighted by atomic mass is 32.1. The van der Waals surface area contributed by atoms with E-state index in [1.165, 1.54) is 29.5 Å². The Morgan fingerprint density at radius 2 is 1.93 bits per heavy atom. The van der Waals surface area contributed by atoms with E-state index in [1.54, 1.807) is 13.2 Å². The normalized spacial score (nSPS) is 10.5. The van der Waals surface area contributed by atoms with E-state index in [0.29, 0.717) is 5.13 Å². The summed E-state index contributed by atoms with van der Waals surface area (Å²) in [4.78, 5) is 28.8. The van der Waals surface area contributed by atoms with E-state index in [0.717, 1.165) is 34.7 Å². The van der Waals surface area contributed by atoms with Crippen molar-refractivity contribution in [3.05, 3.63) is 69.1 Å². The third-order valence-electron chi connectivity index (χ3n) is 4.10. The molecular weight excluding hydrogens is 378 g/mol. The molecule has 8 heteroatoms. The van der Waals surface area contributed by atoms with E-state index in [2.05, 4.69) is 17.2 Å². The minimum absolute atomic E-state index is 0.00531. The van der Waals surface area contributed by atoms with Crippen molar-refractivity contribution >= 4 is 28.1 Å². The molecule has 0 spiro atoms. The lowest BCUT2D eigenvalue weighted by Gasteiger charge is -2.03. The number of nitro groups is 1. The quantitative estimate of drug-likeness (QED) is 0.450. The highest BCUT2D eigenvalue weighted by Crippen LogP contribution is 2.33. The molecule has 0 fully saturated rings. The summed E-state index contributed by atoms with van der Waals surface area (Å²) in [5.74, 6) is 0.200. The van der Waals surface area contributed by atoms with E-state index in [-0.39, 0.29) is 11.3 Å². The Hall–Kier alpha value is -3.26. The van der Waals surface area contributed by atoms with Gasteiger partial charge in [0.15, 0.2) is 5.13 Å². The van der Waals surface area contributed by atoms with Gasteiger partial charge in [-0.15, -0.1) is 11.3 Å². The molecule has 0 aliphatic rings. The van der Waals surface area contributed by atoms with Crippen LogP contribution in [0.1, 0.15) is 28.6 Å². The Kier molecular flexibility index (Phi) is 6.00. The lowest BCUT2D eigenvalue weighted by molar-refractivity contribution is -0.385. The number of methoxy groups -OCH3 is 1. The molecule has 3 rings (SSSR count). The molecule has 7 nitrogen and oxygen atoms in total. The molecule has 144 valence electrons. The molecule has 2 aromatic carbocycles. The fourth-order valence-electron chi connectivity index (χ4n) is 2.77. The number of carbonyl (C=O) groups is 1. The van der Waals surface area contributed by atoms with Crippen molar-refractivity contribution in [2.24, 2.45) is 0 Å². The van der Waals surface area contributed by atoms with E-state index in [4.69, 9.17) is 4.74 Å². The zero-order valence-electron chi connectivity index (χ0n) is 15.5. The Morgan fingerprint density at radius 1 is 1.21 bits per heavy atom. The van der Waals surface area contributed by atoms with Crippen molar-refractivity contribution in [2.75, 3.05) is 12.4 Å². The van der Waals surface area contributed by atoms with Gasteiger partial charge in [0.1, 0.15) is 11.3 Å². The SMILES string of the molecule is CCCc1sc(NC(=O)c2ccccc2[N+](=O)[O-])nc1-c1ccc(OC)cc1. The van der Waals surface area contributed by atoms with Gasteiger partial charge >= 0.3 is 0 Å². The summed E-state index contributed by atoms with van der Waals surface area (Å²) in [7, 11) is 1.61. The van der Waals surface area contributed by atoms with Crippen molar-refractivity contribution in [1.29, 1.82) is 0 Å². The van der Waals surface area contributed by atoms with Gasteiger partial charge in [-0.3, -0.25) is 20.2 Å². The molecule has 0 radical (unpaired) electrons. The Balaban J connectivity index is 1.91. The first-order valence-corrected chi connectivity index (χ1v) is 9.54. The minimum Gasteiger partial charge on any atom is -0.497 e. The average molecular weight is 397 g/mol. The van der Waals surface area contributed by atoms with E-state index in [9.17, 15) is 14.9 Å². The van der Waals surface area contributed by atoms with Crippen LogP contribution >= 0.6 is 11.3 Å². The summed E-state index contributed by atoms with van der Waals surface area (Å²) in [6, 6.07) is 13.4. The predicted molar refractivity (Wildman–Crippen MR) is 109 cm³/mol. The van der Waals surface area contributed by atoms with Crippen LogP contribution in [0.2, 0.25) is 0 Å². The molecular formula is C20H19N3O4S. The Morgan fingerprint density at radius 3 is 2.57 bits per heavy atom. The summed E-state index contributed by atoms with van der Waals surface area (Å²) < 4.78 is 5.19. The summed E-state index contributed by atoms with van der Waals surface area (Å²) in [5.41, 5.74) is 1.49. The number of aryl methyl sites for hydroxylation is 1. The number of amides is 1. The van der Waals surface area contributed by atoms with E-state index < -0.39 is 10.8 Å². The number of thiazole rings is 1. The molecule has 1 N–H and O–H groups in total. The van der Waals surface area contributed by atoms with Gasteiger partial charge in [0.05, 0.1) is 17.7 Å². The molecule has 1 amide bonds. The van der Waals surface area contributed by atoms with Crippen LogP contribution in [0, 0.1) is 10.1 Å². The van der Waals surface area contributed by atoms with E-state index in [1.807, 2.05) is 24.3 Å². The molecule has 0 unspecified atom stereocenters. The molecule has 1 heterocycles. The molecule has 1 aromatic heterocycles. The van der Waals surface area contributed by atoms with Crippen molar-refractivity contribution in [3.8, 4) is 17.0 Å². The lowest BCUT2D eigenvalue weighted by atomic mass is 10.1. The molecule has 0 atom stereocenters. The third-order valence-corrected chi connectivity index (χ3v) is 5.13. The smallest absolute Gasteiger partial charge is 0.282 e. The van der Waals surface area contributed by atoms with Gasteiger partial charge in [-0.25, -0.2) is 4.98 Å². The molecule has 28 heavy (non-hydrogen) atoms. The predicted octanol–water partition coefficient (Wildman–Crippen LogP) is 4.93. The lowest BCUT2D eigenvalue weighted by Crippen LogP contribution is -2.13. The van der Waals surface area contributed by atoms with Crippen LogP contribution in [0.4, 0.5) is 10.8 Å². The highest BCUT2D eigenvalue weighted by molar-refractivity contribution is 7.16. The number of nitrogens with one attached hydrogen (secondary N) is 1. The van der Waals surface area contributed by atoms with Gasteiger partial charge in [0.2, 0.25) is 0 Å². The average Bonchev–Trinajstić information content (AvgIpc) is 3.10. The number of anilines is 1. The molecule has 0 aliphatic carbocycles. The van der Waals surface area contributed by atoms with Crippen LogP contribution in [0.5, 0.6) is 5.75 Å². The van der Waals surface area contributed by atoms with Gasteiger partial charge in [0, 0.05) is 16.5 Å². The van der Waals surface area contributed by atoms with Gasteiger partial charge in [0.25, 0.3) is 11.6 Å². The summed E-state index contributed by atoms with van der Waals surface area (Å²) in [6.45, 7) is 2.07. The monoisotopic (exact) mass is 397 g/mol. The zero-order valence-corrected chi connectivity index (χ0v) is 16.3. The van der Waals surface area contributed by atoms with Crippen molar-refractivity contribution in [3.63, 3.8) is 0 Å². The van der Waals surface area contributed by atoms with Gasteiger partial charge in [-0.2, -0.15) is 0 Å². The summed E-state index contributed by atoms with van der Waals surface area (Å²) in [6.07, 6.45) is 1.75. The number of rotatable bonds is 7. The topological polar surface area (TPSA) is 94.4 Å². The van der Waals surface area contributed by atoms with Crippen LogP contribution in [0.15, 0.2) is 48.5 Å². The number of hydrogen-bond donors (Lipinski definition) is 1. The Bertz CT molecular complexity index is 999. The number of benzene rings is 2. The molecule has 0 saturated heterocycles. The number of nitro benzene ring substituents is 1. The van der Waals surface area contributed by atoms with Gasteiger partial charge in [-0.1, -0.05) is 25.5 Å². The largest absolute Gasteiger partial charge is 0.497 e. The number of para-hydroxylation sites is 1. The van der Waals surface area contributed by atoms with Crippen LogP contribution in [-0.4, -0.2) is 22.9 Å². The van der Waals surface area contributed by atoms with E-state index >= 15 is 0 Å². The van der Waals surface area contributed by atoms with Crippen LogP contribution < -0.4 is 10.1 Å². The number of hydrogen-bond acceptors (Lipinski definition) is 6. The maximum absolute atomic E-state index is 12.6. The molecule has 0 saturated carbocycles. The second kappa shape index (κ2) is 8.62. The summed E-state index contributed by atoms with van der Waals surface area (Å²) in [5, 5.41) is 14.3. The zero-order chi connectivity index (χ0) is 20.1. The minimum atomic E-state index is -0.567. The van der Waals surface area contributed by atoms with Crippen LogP contribution in [-0.2, 0) is 6.42 Å². The number of carbonyl (C=O) groups excluding carboxylic acids is 1. The first-order chi connectivity index (χ1) is 13.5. The first kappa shape index (κ1) is 19.5. The van der Waals surface area contributed by atoms with Crippen LogP contribution in [0.25, 0.3) is 11.3 Å². The van der Waals surface area contributed by atoms with Crippen LogP contribution in [0.3, 0.4) is 0 Å². The fourth-order valence-corrected chi connectivity index (χ4v) is 3.85. The highest BCUT2D eigenvalue weighted by Gasteiger charge is 2.21. The second-order valence-electron chi connectivity index (χ2n) is 6.00. The Labute approximate surface area is 166 Å².